The number of rotatable bonds is 3. The molecule has 154 valence electrons. The van der Waals surface area contributed by atoms with Gasteiger partial charge in [0.2, 0.25) is 0 Å². The first-order chi connectivity index (χ1) is 14.6. The fourth-order valence-electron chi connectivity index (χ4n) is 5.56. The number of nitrogens with one attached hydrogen (secondary N) is 2. The van der Waals surface area contributed by atoms with Crippen molar-refractivity contribution in [2.75, 3.05) is 5.32 Å². The second-order valence-corrected chi connectivity index (χ2v) is 8.89. The molecular weight excluding hydrogens is 381 g/mol. The summed E-state index contributed by atoms with van der Waals surface area (Å²) in [5.41, 5.74) is 1.87. The summed E-state index contributed by atoms with van der Waals surface area (Å²) in [6.45, 7) is 2.37. The molecule has 3 aliphatic carbocycles. The SMILES string of the molecule is CC1C2CCC(CC2)C1Nc1nc(-c2[nH]nc3ncc(F)cc23)nc2c1ccn2C. The van der Waals surface area contributed by atoms with Crippen LogP contribution in [0.4, 0.5) is 10.2 Å². The molecule has 0 amide bonds. The lowest BCUT2D eigenvalue weighted by Crippen LogP contribution is -2.47. The Morgan fingerprint density at radius 2 is 1.93 bits per heavy atom. The zero-order valence-corrected chi connectivity index (χ0v) is 17.1. The lowest BCUT2D eigenvalue weighted by Gasteiger charge is -2.47. The van der Waals surface area contributed by atoms with E-state index >= 15 is 0 Å². The Labute approximate surface area is 173 Å². The second kappa shape index (κ2) is 6.48. The molecule has 0 radical (unpaired) electrons. The first kappa shape index (κ1) is 17.8. The van der Waals surface area contributed by atoms with Gasteiger partial charge in [-0.15, -0.1) is 0 Å². The van der Waals surface area contributed by atoms with E-state index in [1.54, 1.807) is 0 Å². The fraction of sp³-hybridized carbons (Fsp3) is 0.455. The van der Waals surface area contributed by atoms with Crippen LogP contribution in [0.15, 0.2) is 24.5 Å². The van der Waals surface area contributed by atoms with Crippen molar-refractivity contribution in [2.24, 2.45) is 24.8 Å². The summed E-state index contributed by atoms with van der Waals surface area (Å²) in [6.07, 6.45) is 8.44. The molecule has 3 aliphatic rings. The predicted octanol–water partition coefficient (Wildman–Crippen LogP) is 4.28. The quantitative estimate of drug-likeness (QED) is 0.531. The molecule has 4 aromatic rings. The van der Waals surface area contributed by atoms with Crippen LogP contribution in [0.2, 0.25) is 0 Å². The molecule has 2 atom stereocenters. The summed E-state index contributed by atoms with van der Waals surface area (Å²) in [4.78, 5) is 13.7. The average molecular weight is 405 g/mol. The molecule has 7 nitrogen and oxygen atoms in total. The van der Waals surface area contributed by atoms with Crippen molar-refractivity contribution in [1.82, 2.24) is 29.7 Å². The molecule has 0 aliphatic heterocycles. The third-order valence-electron chi connectivity index (χ3n) is 7.26. The Hall–Kier alpha value is -3.03. The van der Waals surface area contributed by atoms with Crippen LogP contribution in [0.1, 0.15) is 32.6 Å². The van der Waals surface area contributed by atoms with E-state index in [2.05, 4.69) is 33.5 Å². The zero-order valence-electron chi connectivity index (χ0n) is 17.1. The maximum atomic E-state index is 13.8. The lowest BCUT2D eigenvalue weighted by molar-refractivity contribution is 0.0929. The normalized spacial score (nSPS) is 26.0. The number of anilines is 1. The Morgan fingerprint density at radius 1 is 1.13 bits per heavy atom. The average Bonchev–Trinajstić information content (AvgIpc) is 3.34. The minimum Gasteiger partial charge on any atom is -0.366 e. The van der Waals surface area contributed by atoms with Crippen LogP contribution < -0.4 is 5.32 Å². The highest BCUT2D eigenvalue weighted by Crippen LogP contribution is 2.46. The van der Waals surface area contributed by atoms with Crippen molar-refractivity contribution in [3.8, 4) is 11.5 Å². The van der Waals surface area contributed by atoms with Gasteiger partial charge in [-0.2, -0.15) is 5.10 Å². The van der Waals surface area contributed by atoms with Crippen LogP contribution >= 0.6 is 0 Å². The van der Waals surface area contributed by atoms with E-state index in [4.69, 9.17) is 9.97 Å². The van der Waals surface area contributed by atoms with Crippen LogP contribution in [-0.4, -0.2) is 35.8 Å². The molecular formula is C22H24FN7. The number of nitrogens with zero attached hydrogens (tertiary/aromatic N) is 5. The summed E-state index contributed by atoms with van der Waals surface area (Å²) in [7, 11) is 1.97. The highest BCUT2D eigenvalue weighted by molar-refractivity contribution is 5.93. The van der Waals surface area contributed by atoms with Crippen molar-refractivity contribution < 1.29 is 4.39 Å². The van der Waals surface area contributed by atoms with E-state index in [0.29, 0.717) is 40.4 Å². The number of aromatic amines is 1. The van der Waals surface area contributed by atoms with Gasteiger partial charge < -0.3 is 9.88 Å². The summed E-state index contributed by atoms with van der Waals surface area (Å²) < 4.78 is 15.8. The lowest BCUT2D eigenvalue weighted by atomic mass is 9.62. The molecule has 0 saturated heterocycles. The smallest absolute Gasteiger partial charge is 0.182 e. The van der Waals surface area contributed by atoms with Crippen LogP contribution in [0.3, 0.4) is 0 Å². The number of hydrogen-bond acceptors (Lipinski definition) is 5. The molecule has 4 heterocycles. The van der Waals surface area contributed by atoms with Crippen molar-refractivity contribution in [3.05, 3.63) is 30.3 Å². The highest BCUT2D eigenvalue weighted by Gasteiger charge is 2.41. The molecule has 30 heavy (non-hydrogen) atoms. The van der Waals surface area contributed by atoms with Gasteiger partial charge in [-0.1, -0.05) is 6.92 Å². The second-order valence-electron chi connectivity index (χ2n) is 8.89. The summed E-state index contributed by atoms with van der Waals surface area (Å²) in [5, 5.41) is 12.5. The van der Waals surface area contributed by atoms with E-state index in [1.807, 2.05) is 17.8 Å². The summed E-state index contributed by atoms with van der Waals surface area (Å²) in [5.74, 6) is 3.04. The van der Waals surface area contributed by atoms with Gasteiger partial charge in [0.1, 0.15) is 23.0 Å². The number of hydrogen-bond donors (Lipinski definition) is 2. The topological polar surface area (TPSA) is 84.3 Å². The van der Waals surface area contributed by atoms with Crippen molar-refractivity contribution in [3.63, 3.8) is 0 Å². The molecule has 3 saturated carbocycles. The molecule has 7 rings (SSSR count). The van der Waals surface area contributed by atoms with Gasteiger partial charge in [0.25, 0.3) is 0 Å². The largest absolute Gasteiger partial charge is 0.366 e. The molecule has 8 heteroatoms. The number of aryl methyl sites for hydroxylation is 1. The number of H-pyrrole nitrogens is 1. The van der Waals surface area contributed by atoms with Crippen LogP contribution in [-0.2, 0) is 7.05 Å². The summed E-state index contributed by atoms with van der Waals surface area (Å²) in [6, 6.07) is 3.90. The van der Waals surface area contributed by atoms with Crippen molar-refractivity contribution in [2.45, 2.75) is 38.6 Å². The molecule has 2 N–H and O–H groups in total. The molecule has 0 spiro atoms. The van der Waals surface area contributed by atoms with Gasteiger partial charge in [0.05, 0.1) is 17.0 Å². The van der Waals surface area contributed by atoms with Crippen molar-refractivity contribution >= 4 is 27.9 Å². The first-order valence-corrected chi connectivity index (χ1v) is 10.7. The van der Waals surface area contributed by atoms with Gasteiger partial charge in [-0.05, 0) is 55.6 Å². The number of aromatic nitrogens is 6. The number of fused-ring (bicyclic) bond motifs is 5. The van der Waals surface area contributed by atoms with Gasteiger partial charge in [-0.3, -0.25) is 5.10 Å². The van der Waals surface area contributed by atoms with E-state index in [0.717, 1.165) is 22.8 Å². The minimum atomic E-state index is -0.407. The van der Waals surface area contributed by atoms with Crippen LogP contribution in [0.5, 0.6) is 0 Å². The standard InChI is InChI=1S/C22H24FN7/c1-11-12-3-5-13(6-4-12)17(11)25-20-15-7-8-30(2)22(15)27-21(26-20)18-16-9-14(23)10-24-19(16)29-28-18/h7-13,17H,3-6H2,1-2H3,(H,24,28,29)(H,25,26,27). The van der Waals surface area contributed by atoms with Gasteiger partial charge in [0, 0.05) is 19.3 Å². The maximum absolute atomic E-state index is 13.8. The Kier molecular flexibility index (Phi) is 3.85. The highest BCUT2D eigenvalue weighted by atomic mass is 19.1. The molecule has 3 fully saturated rings. The minimum absolute atomic E-state index is 0.407. The van der Waals surface area contributed by atoms with E-state index in [-0.39, 0.29) is 0 Å². The number of pyridine rings is 1. The zero-order chi connectivity index (χ0) is 20.4. The molecule has 4 aromatic heterocycles. The van der Waals surface area contributed by atoms with Crippen molar-refractivity contribution in [1.29, 1.82) is 0 Å². The van der Waals surface area contributed by atoms with Gasteiger partial charge in [0.15, 0.2) is 11.5 Å². The Balaban J connectivity index is 1.48. The van der Waals surface area contributed by atoms with Gasteiger partial charge >= 0.3 is 0 Å². The molecule has 2 bridgehead atoms. The van der Waals surface area contributed by atoms with Crippen LogP contribution in [0, 0.1) is 23.6 Å². The Morgan fingerprint density at radius 3 is 2.73 bits per heavy atom. The maximum Gasteiger partial charge on any atom is 0.182 e. The van der Waals surface area contributed by atoms with Gasteiger partial charge in [-0.25, -0.2) is 19.3 Å². The predicted molar refractivity (Wildman–Crippen MR) is 113 cm³/mol. The number of halogens is 1. The van der Waals surface area contributed by atoms with E-state index in [9.17, 15) is 4.39 Å². The third kappa shape index (κ3) is 2.62. The van der Waals surface area contributed by atoms with Crippen LogP contribution in [0.25, 0.3) is 33.6 Å². The Bertz CT molecular complexity index is 1250. The molecule has 2 unspecified atom stereocenters. The third-order valence-corrected chi connectivity index (χ3v) is 7.26. The van der Waals surface area contributed by atoms with E-state index < -0.39 is 5.82 Å². The monoisotopic (exact) mass is 405 g/mol. The molecule has 0 aromatic carbocycles. The first-order valence-electron chi connectivity index (χ1n) is 10.7. The summed E-state index contributed by atoms with van der Waals surface area (Å²) >= 11 is 0. The van der Waals surface area contributed by atoms with E-state index in [1.165, 1.54) is 37.9 Å². The fourth-order valence-corrected chi connectivity index (χ4v) is 5.56.